The van der Waals surface area contributed by atoms with Crippen molar-refractivity contribution in [3.63, 3.8) is 0 Å². The smallest absolute Gasteiger partial charge is 0.303 e. The van der Waals surface area contributed by atoms with Gasteiger partial charge in [0.2, 0.25) is 5.91 Å². The Morgan fingerprint density at radius 1 is 1.44 bits per heavy atom. The summed E-state index contributed by atoms with van der Waals surface area (Å²) in [5, 5.41) is 11.3. The van der Waals surface area contributed by atoms with Crippen molar-refractivity contribution in [3.05, 3.63) is 0 Å². The number of carboxylic acid groups (broad SMARTS) is 1. The molecule has 0 aliphatic carbocycles. The van der Waals surface area contributed by atoms with Crippen LogP contribution >= 0.6 is 0 Å². The molecule has 0 saturated carbocycles. The molecule has 1 amide bonds. The average Bonchev–Trinajstić information content (AvgIpc) is 2.14. The van der Waals surface area contributed by atoms with Crippen LogP contribution in [-0.2, 0) is 9.59 Å². The zero-order valence-corrected chi connectivity index (χ0v) is 10.2. The second kappa shape index (κ2) is 6.48. The number of rotatable bonds is 7. The molecule has 0 aliphatic rings. The number of aliphatic carboxylic acids is 1. The van der Waals surface area contributed by atoms with E-state index in [-0.39, 0.29) is 12.3 Å². The lowest BCUT2D eigenvalue weighted by Crippen LogP contribution is -2.50. The molecule has 0 saturated heterocycles. The van der Waals surface area contributed by atoms with E-state index in [0.717, 1.165) is 6.42 Å². The Labute approximate surface area is 96.4 Å². The second-order valence-corrected chi connectivity index (χ2v) is 4.66. The summed E-state index contributed by atoms with van der Waals surface area (Å²) in [6.45, 7) is 5.56. The van der Waals surface area contributed by atoms with Crippen LogP contribution < -0.4 is 11.1 Å². The Morgan fingerprint density at radius 2 is 2.00 bits per heavy atom. The standard InChI is InChI=1S/C11H22N2O3/c1-4-5-8(12)10(16)13-11(2,3)7-6-9(14)15/h8H,4-7,12H2,1-3H3,(H,13,16)(H,14,15)/t8-/m1/s1. The first-order valence-corrected chi connectivity index (χ1v) is 5.58. The van der Waals surface area contributed by atoms with Crippen LogP contribution in [0.1, 0.15) is 46.5 Å². The van der Waals surface area contributed by atoms with Gasteiger partial charge < -0.3 is 16.2 Å². The van der Waals surface area contributed by atoms with Gasteiger partial charge in [-0.15, -0.1) is 0 Å². The third kappa shape index (κ3) is 6.40. The highest BCUT2D eigenvalue weighted by molar-refractivity contribution is 5.82. The highest BCUT2D eigenvalue weighted by Gasteiger charge is 2.23. The van der Waals surface area contributed by atoms with Crippen LogP contribution in [0.3, 0.4) is 0 Å². The van der Waals surface area contributed by atoms with Gasteiger partial charge in [0.05, 0.1) is 6.04 Å². The molecule has 0 aromatic rings. The maximum atomic E-state index is 11.6. The molecule has 0 aromatic carbocycles. The van der Waals surface area contributed by atoms with Crippen molar-refractivity contribution in [1.82, 2.24) is 5.32 Å². The Bertz CT molecular complexity index is 252. The normalized spacial score (nSPS) is 13.2. The van der Waals surface area contributed by atoms with Gasteiger partial charge in [0, 0.05) is 12.0 Å². The Morgan fingerprint density at radius 3 is 2.44 bits per heavy atom. The summed E-state index contributed by atoms with van der Waals surface area (Å²) in [4.78, 5) is 22.0. The van der Waals surface area contributed by atoms with Gasteiger partial charge in [-0.1, -0.05) is 13.3 Å². The van der Waals surface area contributed by atoms with Gasteiger partial charge in [-0.05, 0) is 26.7 Å². The number of amides is 1. The van der Waals surface area contributed by atoms with Gasteiger partial charge in [0.25, 0.3) is 0 Å². The molecule has 16 heavy (non-hydrogen) atoms. The molecule has 94 valence electrons. The Balaban J connectivity index is 4.13. The highest BCUT2D eigenvalue weighted by Crippen LogP contribution is 2.11. The number of carbonyl (C=O) groups is 2. The molecule has 0 heterocycles. The highest BCUT2D eigenvalue weighted by atomic mass is 16.4. The predicted molar refractivity (Wildman–Crippen MR) is 62.0 cm³/mol. The van der Waals surface area contributed by atoms with Crippen molar-refractivity contribution in [2.45, 2.75) is 58.0 Å². The molecule has 4 N–H and O–H groups in total. The molecule has 5 heteroatoms. The number of carboxylic acids is 1. The van der Waals surface area contributed by atoms with Crippen molar-refractivity contribution >= 4 is 11.9 Å². The molecule has 0 aliphatic heterocycles. The fourth-order valence-corrected chi connectivity index (χ4v) is 1.35. The van der Waals surface area contributed by atoms with Crippen LogP contribution in [0, 0.1) is 0 Å². The molecule has 0 fully saturated rings. The molecule has 0 spiro atoms. The van der Waals surface area contributed by atoms with E-state index in [1.807, 2.05) is 6.92 Å². The van der Waals surface area contributed by atoms with Gasteiger partial charge in [0.1, 0.15) is 0 Å². The largest absolute Gasteiger partial charge is 0.481 e. The molecule has 0 bridgehead atoms. The minimum Gasteiger partial charge on any atom is -0.481 e. The van der Waals surface area contributed by atoms with Gasteiger partial charge in [0.15, 0.2) is 0 Å². The molecule has 0 unspecified atom stereocenters. The van der Waals surface area contributed by atoms with Crippen molar-refractivity contribution in [2.75, 3.05) is 0 Å². The first-order chi connectivity index (χ1) is 7.28. The maximum absolute atomic E-state index is 11.6. The lowest BCUT2D eigenvalue weighted by molar-refractivity contribution is -0.137. The zero-order chi connectivity index (χ0) is 12.8. The van der Waals surface area contributed by atoms with Gasteiger partial charge in [-0.2, -0.15) is 0 Å². The minimum absolute atomic E-state index is 0.0380. The number of hydrogen-bond acceptors (Lipinski definition) is 3. The fraction of sp³-hybridized carbons (Fsp3) is 0.818. The summed E-state index contributed by atoms with van der Waals surface area (Å²) in [6.07, 6.45) is 1.92. The maximum Gasteiger partial charge on any atom is 0.303 e. The van der Waals surface area contributed by atoms with Crippen LogP contribution in [0.4, 0.5) is 0 Å². The molecular formula is C11H22N2O3. The lowest BCUT2D eigenvalue weighted by atomic mass is 9.97. The third-order valence-electron chi connectivity index (χ3n) is 2.36. The van der Waals surface area contributed by atoms with Crippen LogP contribution in [0.25, 0.3) is 0 Å². The summed E-state index contributed by atoms with van der Waals surface area (Å²) in [6, 6.07) is -0.505. The quantitative estimate of drug-likeness (QED) is 0.605. The van der Waals surface area contributed by atoms with E-state index in [2.05, 4.69) is 5.32 Å². The number of nitrogens with two attached hydrogens (primary N) is 1. The molecule has 5 nitrogen and oxygen atoms in total. The molecule has 0 rings (SSSR count). The number of hydrogen-bond donors (Lipinski definition) is 3. The number of nitrogens with one attached hydrogen (secondary N) is 1. The van der Waals surface area contributed by atoms with E-state index in [9.17, 15) is 9.59 Å². The van der Waals surface area contributed by atoms with Crippen molar-refractivity contribution in [3.8, 4) is 0 Å². The Hall–Kier alpha value is -1.10. The van der Waals surface area contributed by atoms with Crippen LogP contribution in [-0.4, -0.2) is 28.6 Å². The molecule has 0 radical (unpaired) electrons. The van der Waals surface area contributed by atoms with E-state index in [1.165, 1.54) is 0 Å². The van der Waals surface area contributed by atoms with Crippen molar-refractivity contribution < 1.29 is 14.7 Å². The van der Waals surface area contributed by atoms with Crippen LogP contribution in [0.15, 0.2) is 0 Å². The van der Waals surface area contributed by atoms with E-state index in [4.69, 9.17) is 10.8 Å². The Kier molecular flexibility index (Phi) is 6.03. The zero-order valence-electron chi connectivity index (χ0n) is 10.2. The van der Waals surface area contributed by atoms with E-state index in [0.29, 0.717) is 12.8 Å². The second-order valence-electron chi connectivity index (χ2n) is 4.66. The summed E-state index contributed by atoms with van der Waals surface area (Å²) in [5.41, 5.74) is 5.14. The fourth-order valence-electron chi connectivity index (χ4n) is 1.35. The van der Waals surface area contributed by atoms with Crippen molar-refractivity contribution in [1.29, 1.82) is 0 Å². The average molecular weight is 230 g/mol. The van der Waals surface area contributed by atoms with Crippen LogP contribution in [0.5, 0.6) is 0 Å². The summed E-state index contributed by atoms with van der Waals surface area (Å²) in [7, 11) is 0. The molecule has 0 aromatic heterocycles. The molecular weight excluding hydrogens is 208 g/mol. The predicted octanol–water partition coefficient (Wildman–Crippen LogP) is 0.873. The summed E-state index contributed by atoms with van der Waals surface area (Å²) >= 11 is 0. The molecule has 1 atom stereocenters. The summed E-state index contributed by atoms with van der Waals surface area (Å²) < 4.78 is 0. The third-order valence-corrected chi connectivity index (χ3v) is 2.36. The van der Waals surface area contributed by atoms with Gasteiger partial charge >= 0.3 is 5.97 Å². The van der Waals surface area contributed by atoms with Gasteiger partial charge in [-0.25, -0.2) is 0 Å². The van der Waals surface area contributed by atoms with E-state index >= 15 is 0 Å². The van der Waals surface area contributed by atoms with Gasteiger partial charge in [-0.3, -0.25) is 9.59 Å². The minimum atomic E-state index is -0.861. The van der Waals surface area contributed by atoms with Crippen molar-refractivity contribution in [2.24, 2.45) is 5.73 Å². The van der Waals surface area contributed by atoms with E-state index < -0.39 is 17.6 Å². The summed E-state index contributed by atoms with van der Waals surface area (Å²) in [5.74, 6) is -1.07. The first kappa shape index (κ1) is 14.9. The van der Waals surface area contributed by atoms with E-state index in [1.54, 1.807) is 13.8 Å². The SMILES string of the molecule is CCC[C@@H](N)C(=O)NC(C)(C)CCC(=O)O. The topological polar surface area (TPSA) is 92.4 Å². The number of carbonyl (C=O) groups excluding carboxylic acids is 1. The van der Waals surface area contributed by atoms with Crippen LogP contribution in [0.2, 0.25) is 0 Å². The monoisotopic (exact) mass is 230 g/mol. The first-order valence-electron chi connectivity index (χ1n) is 5.58. The lowest BCUT2D eigenvalue weighted by Gasteiger charge is -2.27.